The molecule has 0 radical (unpaired) electrons. The first-order valence-electron chi connectivity index (χ1n) is 8.19. The third-order valence-corrected chi connectivity index (χ3v) is 6.31. The van der Waals surface area contributed by atoms with Crippen LogP contribution in [-0.4, -0.2) is 47.2 Å². The second kappa shape index (κ2) is 6.93. The van der Waals surface area contributed by atoms with Gasteiger partial charge in [-0.2, -0.15) is 0 Å². The molecule has 0 aliphatic carbocycles. The Morgan fingerprint density at radius 1 is 1.04 bits per heavy atom. The van der Waals surface area contributed by atoms with E-state index in [9.17, 15) is 4.79 Å². The molecule has 2 aromatic heterocycles. The van der Waals surface area contributed by atoms with Crippen LogP contribution in [0.15, 0.2) is 41.8 Å². The number of aromatic nitrogens is 2. The van der Waals surface area contributed by atoms with Crippen molar-refractivity contribution in [1.29, 1.82) is 0 Å². The first-order chi connectivity index (χ1) is 12.2. The summed E-state index contributed by atoms with van der Waals surface area (Å²) in [5.41, 5.74) is 1.93. The zero-order valence-electron chi connectivity index (χ0n) is 13.9. The maximum absolute atomic E-state index is 12.6. The number of amides is 1. The van der Waals surface area contributed by atoms with Crippen molar-refractivity contribution in [1.82, 2.24) is 15.1 Å². The zero-order valence-corrected chi connectivity index (χ0v) is 15.5. The number of nitrogens with zero attached hydrogens (tertiary/aromatic N) is 4. The number of rotatable bonds is 3. The number of aryl methyl sites for hydroxylation is 1. The van der Waals surface area contributed by atoms with Crippen LogP contribution in [0.5, 0.6) is 0 Å². The Morgan fingerprint density at radius 2 is 1.80 bits per heavy atom. The number of hydrogen-bond acceptors (Lipinski definition) is 6. The van der Waals surface area contributed by atoms with Gasteiger partial charge in [0, 0.05) is 31.7 Å². The van der Waals surface area contributed by atoms with Crippen LogP contribution < -0.4 is 4.90 Å². The number of carbonyl (C=O) groups excluding carboxylic acids is 1. The zero-order chi connectivity index (χ0) is 17.2. The molecule has 0 atom stereocenters. The van der Waals surface area contributed by atoms with Gasteiger partial charge in [0.1, 0.15) is 0 Å². The second-order valence-corrected chi connectivity index (χ2v) is 7.92. The van der Waals surface area contributed by atoms with Crippen molar-refractivity contribution in [3.05, 3.63) is 52.9 Å². The largest absolute Gasteiger partial charge is 0.343 e. The number of thiophene rings is 1. The van der Waals surface area contributed by atoms with Crippen molar-refractivity contribution >= 4 is 33.7 Å². The van der Waals surface area contributed by atoms with Crippen molar-refractivity contribution < 1.29 is 4.79 Å². The minimum absolute atomic E-state index is 0.108. The highest BCUT2D eigenvalue weighted by Gasteiger charge is 2.24. The molecular weight excluding hydrogens is 352 g/mol. The molecule has 25 heavy (non-hydrogen) atoms. The van der Waals surface area contributed by atoms with Crippen LogP contribution in [0.4, 0.5) is 5.13 Å². The predicted molar refractivity (Wildman–Crippen MR) is 103 cm³/mol. The van der Waals surface area contributed by atoms with Gasteiger partial charge in [-0.05, 0) is 30.5 Å². The fourth-order valence-corrected chi connectivity index (χ4v) is 4.51. The third-order valence-electron chi connectivity index (χ3n) is 4.28. The summed E-state index contributed by atoms with van der Waals surface area (Å²) in [5, 5.41) is 12.6. The normalized spacial score (nSPS) is 14.8. The fraction of sp³-hybridized carbons (Fsp3) is 0.278. The van der Waals surface area contributed by atoms with Crippen molar-refractivity contribution in [3.8, 4) is 9.88 Å². The molecule has 3 aromatic rings. The lowest BCUT2D eigenvalue weighted by Gasteiger charge is -2.34. The molecule has 0 saturated carbocycles. The number of benzene rings is 1. The standard InChI is InChI=1S/C18H18N4OS2/c1-13-4-6-14(7-5-13)17(23)21-8-10-22(11-9-21)18-20-19-16(25-18)15-3-2-12-24-15/h2-7,12H,8-11H2,1H3. The fourth-order valence-electron chi connectivity index (χ4n) is 2.82. The Bertz CT molecular complexity index is 850. The molecular formula is C18H18N4OS2. The van der Waals surface area contributed by atoms with E-state index < -0.39 is 0 Å². The topological polar surface area (TPSA) is 49.3 Å². The number of anilines is 1. The molecule has 7 heteroatoms. The molecule has 3 heterocycles. The highest BCUT2D eigenvalue weighted by atomic mass is 32.1. The number of hydrogen-bond donors (Lipinski definition) is 0. The van der Waals surface area contributed by atoms with Gasteiger partial charge >= 0.3 is 0 Å². The van der Waals surface area contributed by atoms with Crippen molar-refractivity contribution in [2.75, 3.05) is 31.1 Å². The van der Waals surface area contributed by atoms with Crippen LogP contribution >= 0.6 is 22.7 Å². The lowest BCUT2D eigenvalue weighted by molar-refractivity contribution is 0.0746. The molecule has 4 rings (SSSR count). The van der Waals surface area contributed by atoms with Crippen LogP contribution in [-0.2, 0) is 0 Å². The Labute approximate surface area is 154 Å². The van der Waals surface area contributed by atoms with E-state index in [1.54, 1.807) is 22.7 Å². The van der Waals surface area contributed by atoms with E-state index in [0.29, 0.717) is 13.1 Å². The minimum atomic E-state index is 0.108. The van der Waals surface area contributed by atoms with Crippen molar-refractivity contribution in [2.24, 2.45) is 0 Å². The van der Waals surface area contributed by atoms with E-state index in [1.807, 2.05) is 47.5 Å². The van der Waals surface area contributed by atoms with Gasteiger partial charge in [0.2, 0.25) is 5.13 Å². The average Bonchev–Trinajstić information content (AvgIpc) is 3.33. The van der Waals surface area contributed by atoms with E-state index in [0.717, 1.165) is 33.7 Å². The van der Waals surface area contributed by atoms with Gasteiger partial charge < -0.3 is 9.80 Å². The SMILES string of the molecule is Cc1ccc(C(=O)N2CCN(c3nnc(-c4cccs4)s3)CC2)cc1. The van der Waals surface area contributed by atoms with E-state index >= 15 is 0 Å². The van der Waals surface area contributed by atoms with Gasteiger partial charge in [-0.25, -0.2) is 0 Å². The molecule has 1 aliphatic rings. The van der Waals surface area contributed by atoms with Crippen LogP contribution in [0.2, 0.25) is 0 Å². The molecule has 5 nitrogen and oxygen atoms in total. The summed E-state index contributed by atoms with van der Waals surface area (Å²) >= 11 is 3.29. The molecule has 0 bridgehead atoms. The molecule has 1 aliphatic heterocycles. The van der Waals surface area contributed by atoms with Crippen molar-refractivity contribution in [3.63, 3.8) is 0 Å². The smallest absolute Gasteiger partial charge is 0.253 e. The Morgan fingerprint density at radius 3 is 2.48 bits per heavy atom. The lowest BCUT2D eigenvalue weighted by atomic mass is 10.1. The summed E-state index contributed by atoms with van der Waals surface area (Å²) in [7, 11) is 0. The van der Waals surface area contributed by atoms with E-state index in [1.165, 1.54) is 5.56 Å². The first kappa shape index (κ1) is 16.2. The minimum Gasteiger partial charge on any atom is -0.343 e. The van der Waals surface area contributed by atoms with Gasteiger partial charge in [-0.1, -0.05) is 35.1 Å². The van der Waals surface area contributed by atoms with Crippen LogP contribution in [0, 0.1) is 6.92 Å². The molecule has 0 spiro atoms. The van der Waals surface area contributed by atoms with Crippen molar-refractivity contribution in [2.45, 2.75) is 6.92 Å². The predicted octanol–water partition coefficient (Wildman–Crippen LogP) is 3.54. The Hall–Kier alpha value is -2.25. The summed E-state index contributed by atoms with van der Waals surface area (Å²) in [6.45, 7) is 5.02. The highest BCUT2D eigenvalue weighted by molar-refractivity contribution is 7.22. The molecule has 128 valence electrons. The third kappa shape index (κ3) is 3.43. The van der Waals surface area contributed by atoms with Crippen LogP contribution in [0.1, 0.15) is 15.9 Å². The van der Waals surface area contributed by atoms with Crippen LogP contribution in [0.3, 0.4) is 0 Å². The van der Waals surface area contributed by atoms with Gasteiger partial charge in [0.05, 0.1) is 4.88 Å². The van der Waals surface area contributed by atoms with Gasteiger partial charge in [0.15, 0.2) is 5.01 Å². The number of piperazine rings is 1. The first-order valence-corrected chi connectivity index (χ1v) is 9.88. The summed E-state index contributed by atoms with van der Waals surface area (Å²) in [4.78, 5) is 17.9. The molecule has 1 saturated heterocycles. The van der Waals surface area contributed by atoms with E-state index in [-0.39, 0.29) is 5.91 Å². The molecule has 1 aromatic carbocycles. The molecule has 0 N–H and O–H groups in total. The van der Waals surface area contributed by atoms with Crippen LogP contribution in [0.25, 0.3) is 9.88 Å². The average molecular weight is 371 g/mol. The summed E-state index contributed by atoms with van der Waals surface area (Å²) in [6.07, 6.45) is 0. The van der Waals surface area contributed by atoms with Gasteiger partial charge in [-0.15, -0.1) is 21.5 Å². The molecule has 0 unspecified atom stereocenters. The highest BCUT2D eigenvalue weighted by Crippen LogP contribution is 2.31. The Balaban J connectivity index is 1.40. The van der Waals surface area contributed by atoms with E-state index in [4.69, 9.17) is 0 Å². The summed E-state index contributed by atoms with van der Waals surface area (Å²) in [6, 6.07) is 11.9. The maximum Gasteiger partial charge on any atom is 0.253 e. The maximum atomic E-state index is 12.6. The van der Waals surface area contributed by atoms with Gasteiger partial charge in [-0.3, -0.25) is 4.79 Å². The number of carbonyl (C=O) groups is 1. The Kier molecular flexibility index (Phi) is 4.50. The quantitative estimate of drug-likeness (QED) is 0.708. The monoisotopic (exact) mass is 370 g/mol. The molecule has 1 amide bonds. The summed E-state index contributed by atoms with van der Waals surface area (Å²) in [5.74, 6) is 0.108. The second-order valence-electron chi connectivity index (χ2n) is 6.01. The lowest BCUT2D eigenvalue weighted by Crippen LogP contribution is -2.48. The molecule has 1 fully saturated rings. The summed E-state index contributed by atoms with van der Waals surface area (Å²) < 4.78 is 0. The van der Waals surface area contributed by atoms with Gasteiger partial charge in [0.25, 0.3) is 5.91 Å². The van der Waals surface area contributed by atoms with E-state index in [2.05, 4.69) is 21.2 Å².